The lowest BCUT2D eigenvalue weighted by Gasteiger charge is -2.20. The van der Waals surface area contributed by atoms with Crippen LogP contribution in [0.25, 0.3) is 0 Å². The first-order chi connectivity index (χ1) is 9.54. The van der Waals surface area contributed by atoms with Gasteiger partial charge in [-0.15, -0.1) is 0 Å². The smallest absolute Gasteiger partial charge is 0.251 e. The predicted octanol–water partition coefficient (Wildman–Crippen LogP) is 1.22. The molecule has 20 heavy (non-hydrogen) atoms. The van der Waals surface area contributed by atoms with Gasteiger partial charge in [0, 0.05) is 39.2 Å². The quantitative estimate of drug-likeness (QED) is 0.816. The van der Waals surface area contributed by atoms with Gasteiger partial charge in [-0.2, -0.15) is 0 Å². The third-order valence-corrected chi connectivity index (χ3v) is 2.96. The Hall–Kier alpha value is -1.88. The summed E-state index contributed by atoms with van der Waals surface area (Å²) in [6, 6.07) is 7.41. The first kappa shape index (κ1) is 16.2. The van der Waals surface area contributed by atoms with E-state index in [2.05, 4.69) is 5.32 Å². The van der Waals surface area contributed by atoms with Crippen LogP contribution >= 0.6 is 0 Å². The molecule has 0 fully saturated rings. The zero-order chi connectivity index (χ0) is 15.0. The van der Waals surface area contributed by atoms with E-state index in [4.69, 9.17) is 4.74 Å². The molecule has 2 amide bonds. The SMILES string of the molecule is COCCN(CCNC(=O)c1cccc(C)c1)C(C)=O. The van der Waals surface area contributed by atoms with Crippen molar-refractivity contribution >= 4 is 11.8 Å². The van der Waals surface area contributed by atoms with Crippen LogP contribution in [0.5, 0.6) is 0 Å². The highest BCUT2D eigenvalue weighted by atomic mass is 16.5. The van der Waals surface area contributed by atoms with Gasteiger partial charge in [-0.25, -0.2) is 0 Å². The maximum Gasteiger partial charge on any atom is 0.251 e. The van der Waals surface area contributed by atoms with Gasteiger partial charge in [0.05, 0.1) is 6.61 Å². The van der Waals surface area contributed by atoms with Gasteiger partial charge in [0.2, 0.25) is 5.91 Å². The molecule has 0 aliphatic heterocycles. The first-order valence-electron chi connectivity index (χ1n) is 6.64. The van der Waals surface area contributed by atoms with Crippen LogP contribution in [0, 0.1) is 6.92 Å². The van der Waals surface area contributed by atoms with Gasteiger partial charge in [0.15, 0.2) is 0 Å². The van der Waals surface area contributed by atoms with E-state index >= 15 is 0 Å². The Balaban J connectivity index is 2.42. The maximum absolute atomic E-state index is 11.9. The maximum atomic E-state index is 11.9. The highest BCUT2D eigenvalue weighted by Gasteiger charge is 2.09. The molecule has 0 aromatic heterocycles. The number of amides is 2. The molecule has 0 saturated carbocycles. The lowest BCUT2D eigenvalue weighted by molar-refractivity contribution is -0.129. The largest absolute Gasteiger partial charge is 0.383 e. The number of aryl methyl sites for hydroxylation is 1. The van der Waals surface area contributed by atoms with E-state index in [1.165, 1.54) is 6.92 Å². The van der Waals surface area contributed by atoms with Crippen molar-refractivity contribution < 1.29 is 14.3 Å². The number of nitrogens with one attached hydrogen (secondary N) is 1. The second kappa shape index (κ2) is 8.32. The molecule has 0 unspecified atom stereocenters. The van der Waals surface area contributed by atoms with Gasteiger partial charge in [0.1, 0.15) is 0 Å². The molecule has 0 spiro atoms. The molecular weight excluding hydrogens is 256 g/mol. The van der Waals surface area contributed by atoms with Gasteiger partial charge in [-0.3, -0.25) is 9.59 Å². The standard InChI is InChI=1S/C15H22N2O3/c1-12-5-4-6-14(11-12)15(19)16-7-8-17(13(2)18)9-10-20-3/h4-6,11H,7-10H2,1-3H3,(H,16,19). The fourth-order valence-electron chi connectivity index (χ4n) is 1.82. The molecule has 1 aromatic carbocycles. The van der Waals surface area contributed by atoms with Crippen molar-refractivity contribution in [3.8, 4) is 0 Å². The van der Waals surface area contributed by atoms with Crippen molar-refractivity contribution in [1.82, 2.24) is 10.2 Å². The summed E-state index contributed by atoms with van der Waals surface area (Å²) >= 11 is 0. The van der Waals surface area contributed by atoms with Gasteiger partial charge in [-0.05, 0) is 19.1 Å². The van der Waals surface area contributed by atoms with Crippen LogP contribution in [0.2, 0.25) is 0 Å². The molecule has 0 atom stereocenters. The molecule has 1 rings (SSSR count). The zero-order valence-electron chi connectivity index (χ0n) is 12.3. The number of hydrogen-bond acceptors (Lipinski definition) is 3. The van der Waals surface area contributed by atoms with Gasteiger partial charge >= 0.3 is 0 Å². The summed E-state index contributed by atoms with van der Waals surface area (Å²) in [7, 11) is 1.60. The van der Waals surface area contributed by atoms with E-state index in [-0.39, 0.29) is 11.8 Å². The van der Waals surface area contributed by atoms with E-state index in [0.717, 1.165) is 5.56 Å². The normalized spacial score (nSPS) is 10.2. The number of rotatable bonds is 7. The Bertz CT molecular complexity index is 460. The predicted molar refractivity (Wildman–Crippen MR) is 77.6 cm³/mol. The van der Waals surface area contributed by atoms with Crippen molar-refractivity contribution in [2.24, 2.45) is 0 Å². The second-order valence-electron chi connectivity index (χ2n) is 4.62. The third-order valence-electron chi connectivity index (χ3n) is 2.96. The molecule has 0 heterocycles. The fraction of sp³-hybridized carbons (Fsp3) is 0.467. The van der Waals surface area contributed by atoms with Crippen molar-refractivity contribution in [3.63, 3.8) is 0 Å². The average Bonchev–Trinajstić information content (AvgIpc) is 2.42. The van der Waals surface area contributed by atoms with Crippen molar-refractivity contribution in [1.29, 1.82) is 0 Å². The summed E-state index contributed by atoms with van der Waals surface area (Å²) < 4.78 is 4.95. The van der Waals surface area contributed by atoms with Crippen LogP contribution in [-0.4, -0.2) is 50.1 Å². The van der Waals surface area contributed by atoms with E-state index in [1.54, 1.807) is 18.1 Å². The van der Waals surface area contributed by atoms with Crippen LogP contribution < -0.4 is 5.32 Å². The summed E-state index contributed by atoms with van der Waals surface area (Å²) in [6.45, 7) is 5.39. The zero-order valence-corrected chi connectivity index (χ0v) is 12.3. The summed E-state index contributed by atoms with van der Waals surface area (Å²) in [5, 5.41) is 2.81. The third kappa shape index (κ3) is 5.40. The number of benzene rings is 1. The van der Waals surface area contributed by atoms with Crippen LogP contribution in [-0.2, 0) is 9.53 Å². The fourth-order valence-corrected chi connectivity index (χ4v) is 1.82. The Morgan fingerprint density at radius 1 is 1.30 bits per heavy atom. The Morgan fingerprint density at radius 2 is 2.05 bits per heavy atom. The Morgan fingerprint density at radius 3 is 2.65 bits per heavy atom. The molecule has 1 aromatic rings. The molecule has 5 nitrogen and oxygen atoms in total. The minimum atomic E-state index is -0.121. The topological polar surface area (TPSA) is 58.6 Å². The van der Waals surface area contributed by atoms with Crippen molar-refractivity contribution in [3.05, 3.63) is 35.4 Å². The summed E-state index contributed by atoms with van der Waals surface area (Å²) in [5.41, 5.74) is 1.68. The lowest BCUT2D eigenvalue weighted by Crippen LogP contribution is -2.39. The Kier molecular flexibility index (Phi) is 6.73. The number of ether oxygens (including phenoxy) is 1. The second-order valence-corrected chi connectivity index (χ2v) is 4.62. The van der Waals surface area contributed by atoms with Gasteiger partial charge < -0.3 is 15.0 Å². The van der Waals surface area contributed by atoms with Gasteiger partial charge in [0.25, 0.3) is 5.91 Å². The van der Waals surface area contributed by atoms with Crippen LogP contribution in [0.15, 0.2) is 24.3 Å². The van der Waals surface area contributed by atoms with Gasteiger partial charge in [-0.1, -0.05) is 17.7 Å². The van der Waals surface area contributed by atoms with Crippen LogP contribution in [0.4, 0.5) is 0 Å². The summed E-state index contributed by atoms with van der Waals surface area (Å²) in [6.07, 6.45) is 0. The molecule has 0 aliphatic carbocycles. The molecule has 0 radical (unpaired) electrons. The molecule has 1 N–H and O–H groups in total. The number of methoxy groups -OCH3 is 1. The van der Waals surface area contributed by atoms with Crippen LogP contribution in [0.3, 0.4) is 0 Å². The minimum Gasteiger partial charge on any atom is -0.383 e. The molecule has 0 saturated heterocycles. The molecular formula is C15H22N2O3. The van der Waals surface area contributed by atoms with E-state index in [9.17, 15) is 9.59 Å². The van der Waals surface area contributed by atoms with Crippen molar-refractivity contribution in [2.75, 3.05) is 33.4 Å². The average molecular weight is 278 g/mol. The number of carbonyl (C=O) groups excluding carboxylic acids is 2. The molecule has 110 valence electrons. The van der Waals surface area contributed by atoms with Crippen molar-refractivity contribution in [2.45, 2.75) is 13.8 Å². The minimum absolute atomic E-state index is 0.0214. The molecule has 0 aliphatic rings. The molecule has 5 heteroatoms. The Labute approximate surface area is 119 Å². The monoisotopic (exact) mass is 278 g/mol. The lowest BCUT2D eigenvalue weighted by atomic mass is 10.1. The highest BCUT2D eigenvalue weighted by Crippen LogP contribution is 2.03. The number of hydrogen-bond donors (Lipinski definition) is 1. The summed E-state index contributed by atoms with van der Waals surface area (Å²) in [4.78, 5) is 25.0. The van der Waals surface area contributed by atoms with E-state index in [1.807, 2.05) is 25.1 Å². The van der Waals surface area contributed by atoms with Crippen LogP contribution in [0.1, 0.15) is 22.8 Å². The number of nitrogens with zero attached hydrogens (tertiary/aromatic N) is 1. The number of carbonyl (C=O) groups is 2. The molecule has 0 bridgehead atoms. The van der Waals surface area contributed by atoms with E-state index in [0.29, 0.717) is 31.8 Å². The highest BCUT2D eigenvalue weighted by molar-refractivity contribution is 5.94. The first-order valence-corrected chi connectivity index (χ1v) is 6.64. The summed E-state index contributed by atoms with van der Waals surface area (Å²) in [5.74, 6) is -0.143. The van der Waals surface area contributed by atoms with E-state index < -0.39 is 0 Å².